The molecule has 5 atom stereocenters. The molecule has 7 rings (SSSR count). The molecule has 1 aliphatic heterocycles. The van der Waals surface area contributed by atoms with E-state index in [2.05, 4.69) is 38.8 Å². The Morgan fingerprint density at radius 2 is 1.84 bits per heavy atom. The van der Waals surface area contributed by atoms with Crippen molar-refractivity contribution in [3.8, 4) is 16.3 Å². The summed E-state index contributed by atoms with van der Waals surface area (Å²) >= 11 is 1.58. The number of ether oxygens (including phenoxy) is 2. The molecule has 2 aromatic heterocycles. The van der Waals surface area contributed by atoms with E-state index in [9.17, 15) is 32.4 Å². The summed E-state index contributed by atoms with van der Waals surface area (Å²) in [6.45, 7) is 6.73. The van der Waals surface area contributed by atoms with Gasteiger partial charge >= 0.3 is 6.09 Å². The molecule has 4 N–H and O–H groups in total. The molecule has 3 saturated carbocycles. The highest BCUT2D eigenvalue weighted by atomic mass is 32.2. The number of thiophene rings is 1. The minimum Gasteiger partial charge on any atom is -0.472 e. The Labute approximate surface area is 328 Å². The third kappa shape index (κ3) is 8.43. The normalized spacial score (nSPS) is 23.8. The van der Waals surface area contributed by atoms with Crippen LogP contribution in [0.4, 0.5) is 4.79 Å². The summed E-state index contributed by atoms with van der Waals surface area (Å²) in [6.07, 6.45) is 6.25. The molecule has 15 nitrogen and oxygen atoms in total. The first-order chi connectivity index (χ1) is 26.9. The first kappa shape index (κ1) is 39.0. The SMILES string of the molecule is C=CC(=O)NC[C@H](NC(=O)OC1CCCC1)C(=O)N1C[C@H](Oc2nccc3ccc(-c4cccs4)cc23)C[C@H]1C(=O)N[C@]1(C(=O)NS(=O)(=O)C2CC2)C[C@H]1C=C. The summed E-state index contributed by atoms with van der Waals surface area (Å²) in [6, 6.07) is 9.11. The van der Waals surface area contributed by atoms with Crippen molar-refractivity contribution in [2.24, 2.45) is 5.92 Å². The van der Waals surface area contributed by atoms with E-state index in [-0.39, 0.29) is 37.9 Å². The predicted molar refractivity (Wildman–Crippen MR) is 208 cm³/mol. The van der Waals surface area contributed by atoms with Crippen LogP contribution in [-0.2, 0) is 33.9 Å². The van der Waals surface area contributed by atoms with E-state index in [1.54, 1.807) is 17.5 Å². The summed E-state index contributed by atoms with van der Waals surface area (Å²) in [7, 11) is -3.94. The van der Waals surface area contributed by atoms with Gasteiger partial charge in [0.1, 0.15) is 29.8 Å². The highest BCUT2D eigenvalue weighted by molar-refractivity contribution is 7.91. The zero-order chi connectivity index (χ0) is 39.6. The largest absolute Gasteiger partial charge is 0.472 e. The Balaban J connectivity index is 1.17. The molecule has 5 amide bonds. The topological polar surface area (TPSA) is 202 Å². The molecule has 0 radical (unpaired) electrons. The Bertz CT molecular complexity index is 2150. The van der Waals surface area contributed by atoms with Crippen molar-refractivity contribution in [1.29, 1.82) is 0 Å². The van der Waals surface area contributed by atoms with E-state index in [0.717, 1.165) is 34.7 Å². The van der Waals surface area contributed by atoms with Crippen LogP contribution in [0.3, 0.4) is 0 Å². The molecule has 0 bridgehead atoms. The van der Waals surface area contributed by atoms with Crippen LogP contribution in [0.1, 0.15) is 51.4 Å². The second-order valence-corrected chi connectivity index (χ2v) is 17.6. The quantitative estimate of drug-likeness (QED) is 0.130. The number of nitrogens with zero attached hydrogens (tertiary/aromatic N) is 2. The van der Waals surface area contributed by atoms with Gasteiger partial charge in [-0.25, -0.2) is 18.2 Å². The fraction of sp³-hybridized carbons (Fsp3) is 0.436. The number of carbonyl (C=O) groups is 5. The minimum atomic E-state index is -3.94. The number of rotatable bonds is 15. The first-order valence-corrected chi connectivity index (χ1v) is 21.1. The molecule has 296 valence electrons. The Hall–Kier alpha value is -5.29. The van der Waals surface area contributed by atoms with Crippen LogP contribution in [0.5, 0.6) is 5.88 Å². The lowest BCUT2D eigenvalue weighted by Gasteiger charge is -2.30. The van der Waals surface area contributed by atoms with Crippen LogP contribution in [0, 0.1) is 5.92 Å². The zero-order valence-electron chi connectivity index (χ0n) is 30.6. The molecule has 56 heavy (non-hydrogen) atoms. The van der Waals surface area contributed by atoms with Gasteiger partial charge in [-0.1, -0.05) is 30.9 Å². The highest BCUT2D eigenvalue weighted by Gasteiger charge is 2.62. The molecule has 0 spiro atoms. The third-order valence-electron chi connectivity index (χ3n) is 10.7. The zero-order valence-corrected chi connectivity index (χ0v) is 32.2. The van der Waals surface area contributed by atoms with Crippen molar-refractivity contribution in [2.75, 3.05) is 13.1 Å². The van der Waals surface area contributed by atoms with Crippen LogP contribution in [0.15, 0.2) is 73.3 Å². The second kappa shape index (κ2) is 16.1. The minimum absolute atomic E-state index is 0.0463. The number of amides is 5. The third-order valence-corrected chi connectivity index (χ3v) is 13.5. The average molecular weight is 805 g/mol. The van der Waals surface area contributed by atoms with Crippen molar-refractivity contribution >= 4 is 61.9 Å². The number of benzene rings is 1. The lowest BCUT2D eigenvalue weighted by atomic mass is 10.1. The van der Waals surface area contributed by atoms with Crippen molar-refractivity contribution in [3.05, 3.63) is 73.3 Å². The number of pyridine rings is 1. The van der Waals surface area contributed by atoms with E-state index in [1.807, 2.05) is 41.8 Å². The number of alkyl carbamates (subject to hydrolysis) is 1. The number of fused-ring (bicyclic) bond motifs is 1. The number of hydrogen-bond donors (Lipinski definition) is 4. The molecule has 0 unspecified atom stereocenters. The van der Waals surface area contributed by atoms with E-state index >= 15 is 0 Å². The van der Waals surface area contributed by atoms with E-state index in [1.165, 1.54) is 11.0 Å². The maximum atomic E-state index is 14.5. The molecule has 3 aliphatic carbocycles. The molecule has 1 aromatic carbocycles. The molecule has 3 aromatic rings. The summed E-state index contributed by atoms with van der Waals surface area (Å²) in [5.74, 6) is -3.21. The van der Waals surface area contributed by atoms with Crippen molar-refractivity contribution in [3.63, 3.8) is 0 Å². The molecular weight excluding hydrogens is 761 g/mol. The van der Waals surface area contributed by atoms with Gasteiger partial charge in [0.2, 0.25) is 33.6 Å². The predicted octanol–water partition coefficient (Wildman–Crippen LogP) is 3.32. The Kier molecular flexibility index (Phi) is 11.2. The molecule has 3 heterocycles. The summed E-state index contributed by atoms with van der Waals surface area (Å²) in [4.78, 5) is 74.4. The lowest BCUT2D eigenvalue weighted by molar-refractivity contribution is -0.141. The Morgan fingerprint density at radius 3 is 2.52 bits per heavy atom. The van der Waals surface area contributed by atoms with Gasteiger partial charge in [-0.05, 0) is 85.6 Å². The van der Waals surface area contributed by atoms with Crippen LogP contribution >= 0.6 is 11.3 Å². The average Bonchev–Trinajstić information content (AvgIpc) is 3.94. The molecule has 1 saturated heterocycles. The maximum absolute atomic E-state index is 14.5. The van der Waals surface area contributed by atoms with Crippen LogP contribution in [0.25, 0.3) is 21.2 Å². The van der Waals surface area contributed by atoms with Gasteiger partial charge in [0.05, 0.1) is 11.8 Å². The summed E-state index contributed by atoms with van der Waals surface area (Å²) < 4.78 is 39.6. The monoisotopic (exact) mass is 804 g/mol. The standard InChI is InChI=1S/C39H44N6O9S2/c1-3-25-20-39(25,37(49)44-56(51,52)28-13-14-28)43-34(47)31-19-27(53-35-29-18-24(32-10-7-17-55-32)12-11-23(29)15-16-40-35)22-45(31)36(48)30(21-41-33(46)4-2)42-38(50)54-26-8-5-6-9-26/h3-4,7,10-12,15-18,25-28,30-31H,1-2,5-6,8-9,13-14,19-22H2,(H,41,46)(H,42,50)(H,43,47)(H,44,49)/t25-,27-,30+,31+,39-/m1/s1. The fourth-order valence-electron chi connectivity index (χ4n) is 7.39. The molecular formula is C39H44N6O9S2. The van der Waals surface area contributed by atoms with Gasteiger partial charge < -0.3 is 30.3 Å². The summed E-state index contributed by atoms with van der Waals surface area (Å²) in [5, 5.41) is 10.8. The smallest absolute Gasteiger partial charge is 0.408 e. The lowest BCUT2D eigenvalue weighted by Crippen LogP contribution is -2.59. The molecule has 4 fully saturated rings. The fourth-order valence-corrected chi connectivity index (χ4v) is 9.48. The second-order valence-electron chi connectivity index (χ2n) is 14.7. The number of aromatic nitrogens is 1. The van der Waals surface area contributed by atoms with Gasteiger partial charge in [-0.2, -0.15) is 0 Å². The van der Waals surface area contributed by atoms with Gasteiger partial charge in [-0.3, -0.25) is 23.9 Å². The van der Waals surface area contributed by atoms with Gasteiger partial charge in [0.25, 0.3) is 5.91 Å². The maximum Gasteiger partial charge on any atom is 0.408 e. The van der Waals surface area contributed by atoms with Gasteiger partial charge in [-0.15, -0.1) is 17.9 Å². The van der Waals surface area contributed by atoms with Crippen LogP contribution in [-0.4, -0.2) is 96.2 Å². The number of nitrogens with one attached hydrogen (secondary N) is 4. The van der Waals surface area contributed by atoms with Gasteiger partial charge in [0.15, 0.2) is 0 Å². The number of likely N-dealkylation sites (tertiary alicyclic amines) is 1. The highest BCUT2D eigenvalue weighted by Crippen LogP contribution is 2.45. The van der Waals surface area contributed by atoms with E-state index in [4.69, 9.17) is 9.47 Å². The Morgan fingerprint density at radius 1 is 1.05 bits per heavy atom. The van der Waals surface area contributed by atoms with E-state index in [0.29, 0.717) is 31.1 Å². The van der Waals surface area contributed by atoms with Crippen LogP contribution < -0.4 is 25.4 Å². The first-order valence-electron chi connectivity index (χ1n) is 18.7. The van der Waals surface area contributed by atoms with Crippen molar-refractivity contribution in [1.82, 2.24) is 30.6 Å². The van der Waals surface area contributed by atoms with Gasteiger partial charge in [0, 0.05) is 35.3 Å². The number of hydrogen-bond acceptors (Lipinski definition) is 11. The van der Waals surface area contributed by atoms with Crippen LogP contribution in [0.2, 0.25) is 0 Å². The van der Waals surface area contributed by atoms with Crippen molar-refractivity contribution in [2.45, 2.75) is 86.4 Å². The van der Waals surface area contributed by atoms with E-state index < -0.39 is 74.6 Å². The number of sulfonamides is 1. The summed E-state index contributed by atoms with van der Waals surface area (Å²) in [5.41, 5.74) is -0.649. The number of carbonyl (C=O) groups excluding carboxylic acids is 5. The molecule has 17 heteroatoms. The molecule has 4 aliphatic rings. The van der Waals surface area contributed by atoms with Crippen molar-refractivity contribution < 1.29 is 41.9 Å².